The summed E-state index contributed by atoms with van der Waals surface area (Å²) in [6.45, 7) is 0.684. The van der Waals surface area contributed by atoms with Gasteiger partial charge in [-0.2, -0.15) is 0 Å². The van der Waals surface area contributed by atoms with E-state index in [-0.39, 0.29) is 0 Å². The molecular formula is C12H8Br3ClN2. The molecule has 0 radical (unpaired) electrons. The number of nitrogens with zero attached hydrogens (tertiary/aromatic N) is 1. The van der Waals surface area contributed by atoms with Crippen LogP contribution in [-0.2, 0) is 6.54 Å². The molecule has 0 spiro atoms. The van der Waals surface area contributed by atoms with E-state index in [0.717, 1.165) is 24.7 Å². The van der Waals surface area contributed by atoms with E-state index >= 15 is 0 Å². The van der Waals surface area contributed by atoms with E-state index in [1.165, 1.54) is 0 Å². The maximum atomic E-state index is 6.01. The monoisotopic (exact) mass is 452 g/mol. The van der Waals surface area contributed by atoms with Crippen LogP contribution in [0, 0.1) is 0 Å². The molecule has 1 N–H and O–H groups in total. The smallest absolute Gasteiger partial charge is 0.152 e. The van der Waals surface area contributed by atoms with Gasteiger partial charge in [0.05, 0.1) is 5.69 Å². The van der Waals surface area contributed by atoms with Crippen LogP contribution in [0.15, 0.2) is 43.9 Å². The van der Waals surface area contributed by atoms with E-state index < -0.39 is 0 Å². The minimum absolute atomic E-state index is 0.467. The van der Waals surface area contributed by atoms with Crippen LogP contribution in [0.5, 0.6) is 0 Å². The first kappa shape index (κ1) is 14.3. The third-order valence-corrected chi connectivity index (χ3v) is 4.89. The fraction of sp³-hybridized carbons (Fsp3) is 0.0833. The Bertz CT molecular complexity index is 575. The zero-order valence-electron chi connectivity index (χ0n) is 9.05. The molecule has 0 fully saturated rings. The molecule has 0 aliphatic carbocycles. The van der Waals surface area contributed by atoms with Gasteiger partial charge in [0.2, 0.25) is 0 Å². The van der Waals surface area contributed by atoms with Crippen LogP contribution in [0.25, 0.3) is 0 Å². The molecule has 2 aromatic rings. The fourth-order valence-corrected chi connectivity index (χ4v) is 2.57. The van der Waals surface area contributed by atoms with Crippen LogP contribution in [-0.4, -0.2) is 4.98 Å². The molecule has 0 aliphatic heterocycles. The molecule has 0 bridgehead atoms. The number of pyridine rings is 1. The van der Waals surface area contributed by atoms with Gasteiger partial charge in [-0.05, 0) is 71.6 Å². The quantitative estimate of drug-likeness (QED) is 0.607. The molecule has 0 atom stereocenters. The first-order valence-corrected chi connectivity index (χ1v) is 7.81. The topological polar surface area (TPSA) is 24.9 Å². The normalized spacial score (nSPS) is 10.4. The van der Waals surface area contributed by atoms with Crippen molar-refractivity contribution in [2.24, 2.45) is 0 Å². The van der Waals surface area contributed by atoms with Gasteiger partial charge in [0.1, 0.15) is 0 Å². The molecular weight excluding hydrogens is 447 g/mol. The highest BCUT2D eigenvalue weighted by molar-refractivity contribution is 9.13. The van der Waals surface area contributed by atoms with Crippen molar-refractivity contribution in [1.82, 2.24) is 4.98 Å². The van der Waals surface area contributed by atoms with Gasteiger partial charge in [-0.15, -0.1) is 0 Å². The number of benzene rings is 1. The standard InChI is InChI=1S/C12H8Br3ClN2/c13-8-4-11(12(16)18-6-8)17-5-7-1-2-9(14)10(15)3-7/h1-4,6,17H,5H2. The molecule has 0 saturated heterocycles. The number of aromatic nitrogens is 1. The lowest BCUT2D eigenvalue weighted by Crippen LogP contribution is -2.00. The SMILES string of the molecule is Clc1ncc(Br)cc1NCc1ccc(Br)c(Br)c1. The van der Waals surface area contributed by atoms with Gasteiger partial charge in [0, 0.05) is 26.2 Å². The number of hydrogen-bond donors (Lipinski definition) is 1. The highest BCUT2D eigenvalue weighted by atomic mass is 79.9. The maximum absolute atomic E-state index is 6.01. The molecule has 0 saturated carbocycles. The van der Waals surface area contributed by atoms with Crippen molar-refractivity contribution in [3.63, 3.8) is 0 Å². The average molecular weight is 455 g/mol. The van der Waals surface area contributed by atoms with Crippen LogP contribution >= 0.6 is 59.4 Å². The van der Waals surface area contributed by atoms with E-state index in [9.17, 15) is 0 Å². The molecule has 6 heteroatoms. The van der Waals surface area contributed by atoms with Crippen molar-refractivity contribution in [3.05, 3.63) is 54.6 Å². The van der Waals surface area contributed by atoms with Crippen molar-refractivity contribution < 1.29 is 0 Å². The van der Waals surface area contributed by atoms with Crippen molar-refractivity contribution in [1.29, 1.82) is 0 Å². The largest absolute Gasteiger partial charge is 0.378 e. The Balaban J connectivity index is 2.11. The summed E-state index contributed by atoms with van der Waals surface area (Å²) in [7, 11) is 0. The highest BCUT2D eigenvalue weighted by Gasteiger charge is 2.03. The van der Waals surface area contributed by atoms with E-state index in [1.54, 1.807) is 6.20 Å². The lowest BCUT2D eigenvalue weighted by molar-refractivity contribution is 1.13. The fourth-order valence-electron chi connectivity index (χ4n) is 1.39. The summed E-state index contributed by atoms with van der Waals surface area (Å²) in [5, 5.41) is 3.72. The maximum Gasteiger partial charge on any atom is 0.152 e. The van der Waals surface area contributed by atoms with E-state index in [1.807, 2.05) is 18.2 Å². The van der Waals surface area contributed by atoms with Gasteiger partial charge >= 0.3 is 0 Å². The molecule has 0 unspecified atom stereocenters. The molecule has 0 aliphatic rings. The van der Waals surface area contributed by atoms with Gasteiger partial charge in [-0.3, -0.25) is 0 Å². The van der Waals surface area contributed by atoms with Gasteiger partial charge in [0.25, 0.3) is 0 Å². The van der Waals surface area contributed by atoms with Gasteiger partial charge in [-0.25, -0.2) is 4.98 Å². The van der Waals surface area contributed by atoms with Gasteiger partial charge in [0.15, 0.2) is 5.15 Å². The van der Waals surface area contributed by atoms with Crippen LogP contribution in [0.2, 0.25) is 5.15 Å². The second kappa shape index (κ2) is 6.37. The van der Waals surface area contributed by atoms with Crippen LogP contribution in [0.4, 0.5) is 5.69 Å². The molecule has 0 amide bonds. The van der Waals surface area contributed by atoms with Crippen molar-refractivity contribution in [2.45, 2.75) is 6.54 Å². The predicted molar refractivity (Wildman–Crippen MR) is 86.1 cm³/mol. The Morgan fingerprint density at radius 2 is 1.89 bits per heavy atom. The van der Waals surface area contributed by atoms with Crippen LogP contribution in [0.1, 0.15) is 5.56 Å². The van der Waals surface area contributed by atoms with E-state index in [0.29, 0.717) is 11.7 Å². The zero-order valence-corrected chi connectivity index (χ0v) is 14.6. The molecule has 2 nitrogen and oxygen atoms in total. The lowest BCUT2D eigenvalue weighted by atomic mass is 10.2. The number of hydrogen-bond acceptors (Lipinski definition) is 2. The number of halogens is 4. The molecule has 94 valence electrons. The lowest BCUT2D eigenvalue weighted by Gasteiger charge is -2.09. The summed E-state index contributed by atoms with van der Waals surface area (Å²) < 4.78 is 2.96. The molecule has 18 heavy (non-hydrogen) atoms. The van der Waals surface area contributed by atoms with Crippen LogP contribution in [0.3, 0.4) is 0 Å². The Morgan fingerprint density at radius 1 is 1.11 bits per heavy atom. The van der Waals surface area contributed by atoms with Crippen LogP contribution < -0.4 is 5.32 Å². The summed E-state index contributed by atoms with van der Waals surface area (Å²) in [5.74, 6) is 0. The summed E-state index contributed by atoms with van der Waals surface area (Å²) in [6.07, 6.45) is 1.67. The second-order valence-electron chi connectivity index (χ2n) is 3.59. The van der Waals surface area contributed by atoms with Gasteiger partial charge in [-0.1, -0.05) is 17.7 Å². The summed E-state index contributed by atoms with van der Waals surface area (Å²) >= 11 is 16.3. The zero-order chi connectivity index (χ0) is 13.1. The Kier molecular flexibility index (Phi) is 5.06. The number of nitrogens with one attached hydrogen (secondary N) is 1. The summed E-state index contributed by atoms with van der Waals surface area (Å²) in [6, 6.07) is 8.00. The van der Waals surface area contributed by atoms with Crippen molar-refractivity contribution in [3.8, 4) is 0 Å². The van der Waals surface area contributed by atoms with E-state index in [2.05, 4.69) is 64.2 Å². The Labute approximate surface area is 136 Å². The minimum atomic E-state index is 0.467. The third kappa shape index (κ3) is 3.70. The molecule has 1 aromatic carbocycles. The first-order chi connectivity index (χ1) is 8.56. The molecule has 1 aromatic heterocycles. The Hall–Kier alpha value is -0.100. The van der Waals surface area contributed by atoms with Crippen molar-refractivity contribution >= 4 is 65.1 Å². The second-order valence-corrected chi connectivity index (χ2v) is 6.58. The first-order valence-electron chi connectivity index (χ1n) is 5.05. The van der Waals surface area contributed by atoms with E-state index in [4.69, 9.17) is 11.6 Å². The van der Waals surface area contributed by atoms with Crippen molar-refractivity contribution in [2.75, 3.05) is 5.32 Å². The highest BCUT2D eigenvalue weighted by Crippen LogP contribution is 2.26. The number of anilines is 1. The van der Waals surface area contributed by atoms with Gasteiger partial charge < -0.3 is 5.32 Å². The predicted octanol–water partition coefficient (Wildman–Crippen LogP) is 5.63. The summed E-state index contributed by atoms with van der Waals surface area (Å²) in [4.78, 5) is 4.06. The Morgan fingerprint density at radius 3 is 2.61 bits per heavy atom. The summed E-state index contributed by atoms with van der Waals surface area (Å²) in [5.41, 5.74) is 1.96. The molecule has 1 heterocycles. The molecule has 2 rings (SSSR count). The average Bonchev–Trinajstić information content (AvgIpc) is 2.34. The third-order valence-electron chi connectivity index (χ3n) is 2.27. The minimum Gasteiger partial charge on any atom is -0.378 e. The number of rotatable bonds is 3.